The van der Waals surface area contributed by atoms with Gasteiger partial charge in [0.15, 0.2) is 10.9 Å². The van der Waals surface area contributed by atoms with Gasteiger partial charge in [0.2, 0.25) is 0 Å². The van der Waals surface area contributed by atoms with Crippen molar-refractivity contribution in [3.63, 3.8) is 0 Å². The molecular weight excluding hydrogens is 531 g/mol. The molecule has 38 heavy (non-hydrogen) atoms. The first kappa shape index (κ1) is 26.5. The van der Waals surface area contributed by atoms with Crippen LogP contribution in [0.25, 0.3) is 15.9 Å². The van der Waals surface area contributed by atoms with Crippen molar-refractivity contribution in [2.75, 3.05) is 5.75 Å². The van der Waals surface area contributed by atoms with Crippen LogP contribution >= 0.6 is 23.1 Å². The van der Waals surface area contributed by atoms with Gasteiger partial charge in [-0.05, 0) is 69.4 Å². The van der Waals surface area contributed by atoms with E-state index in [-0.39, 0.29) is 23.6 Å². The molecule has 198 valence electrons. The molecular formula is C28H26F3N3O2S2. The average Bonchev–Trinajstić information content (AvgIpc) is 3.40. The number of thioether (sulfide) groups is 1. The predicted octanol–water partition coefficient (Wildman–Crippen LogP) is 6.92. The Hall–Kier alpha value is -3.11. The highest BCUT2D eigenvalue weighted by atomic mass is 32.2. The van der Waals surface area contributed by atoms with Crippen LogP contribution in [0, 0.1) is 13.8 Å². The molecule has 0 bridgehead atoms. The van der Waals surface area contributed by atoms with Crippen molar-refractivity contribution in [3.8, 4) is 5.69 Å². The molecule has 3 aromatic heterocycles. The van der Waals surface area contributed by atoms with Crippen molar-refractivity contribution in [1.82, 2.24) is 14.1 Å². The minimum Gasteiger partial charge on any atom is -0.318 e. The molecule has 0 fully saturated rings. The number of rotatable bonds is 7. The number of thiophene rings is 1. The summed E-state index contributed by atoms with van der Waals surface area (Å²) in [7, 11) is 0. The molecule has 1 aliphatic rings. The molecule has 4 aromatic rings. The van der Waals surface area contributed by atoms with Crippen LogP contribution < -0.4 is 5.56 Å². The Kier molecular flexibility index (Phi) is 7.13. The number of allylic oxidation sites excluding steroid dienone is 1. The van der Waals surface area contributed by atoms with Gasteiger partial charge in [0.25, 0.3) is 5.56 Å². The minimum atomic E-state index is -4.46. The number of Topliss-reactive ketones (excluding diaryl/α,β-unsaturated/α-hetero) is 1. The van der Waals surface area contributed by atoms with Crippen molar-refractivity contribution in [2.24, 2.45) is 0 Å². The van der Waals surface area contributed by atoms with Gasteiger partial charge in [0.05, 0.1) is 16.7 Å². The molecule has 0 N–H and O–H groups in total. The summed E-state index contributed by atoms with van der Waals surface area (Å²) in [5.41, 5.74) is 2.25. The number of alkyl halides is 3. The Bertz CT molecular complexity index is 1630. The highest BCUT2D eigenvalue weighted by Crippen LogP contribution is 2.35. The van der Waals surface area contributed by atoms with E-state index in [9.17, 15) is 22.8 Å². The summed E-state index contributed by atoms with van der Waals surface area (Å²) in [5.74, 6) is -0.154. The van der Waals surface area contributed by atoms with E-state index in [0.29, 0.717) is 38.0 Å². The van der Waals surface area contributed by atoms with Gasteiger partial charge in [-0.3, -0.25) is 14.2 Å². The molecule has 10 heteroatoms. The zero-order valence-corrected chi connectivity index (χ0v) is 22.7. The maximum atomic E-state index is 13.4. The van der Waals surface area contributed by atoms with E-state index in [4.69, 9.17) is 4.98 Å². The zero-order valence-electron chi connectivity index (χ0n) is 21.0. The SMILES string of the molecule is C=CCn1c(SCC(=O)c2cc(C)n(-c3cccc(C(F)(F)F)c3)c2C)nc2sc3c(c2c1=O)CCCC3. The monoisotopic (exact) mass is 557 g/mol. The molecule has 0 radical (unpaired) electrons. The number of carbonyl (C=O) groups excluding carboxylic acids is 1. The molecule has 1 aliphatic carbocycles. The lowest BCUT2D eigenvalue weighted by atomic mass is 9.97. The van der Waals surface area contributed by atoms with Crippen LogP contribution in [0.4, 0.5) is 13.2 Å². The molecule has 0 saturated carbocycles. The lowest BCUT2D eigenvalue weighted by molar-refractivity contribution is -0.137. The Morgan fingerprint density at radius 3 is 2.71 bits per heavy atom. The van der Waals surface area contributed by atoms with Gasteiger partial charge in [-0.15, -0.1) is 17.9 Å². The third kappa shape index (κ3) is 4.75. The van der Waals surface area contributed by atoms with E-state index in [1.54, 1.807) is 52.5 Å². The molecule has 0 amide bonds. The number of nitrogens with zero attached hydrogens (tertiary/aromatic N) is 3. The highest BCUT2D eigenvalue weighted by molar-refractivity contribution is 7.99. The van der Waals surface area contributed by atoms with Crippen LogP contribution in [0.5, 0.6) is 0 Å². The number of fused-ring (bicyclic) bond motifs is 3. The zero-order chi connectivity index (χ0) is 27.2. The number of hydrogen-bond acceptors (Lipinski definition) is 5. The van der Waals surface area contributed by atoms with Gasteiger partial charge in [0, 0.05) is 34.1 Å². The van der Waals surface area contributed by atoms with E-state index >= 15 is 0 Å². The lowest BCUT2D eigenvalue weighted by Gasteiger charge is -2.13. The second-order valence-corrected chi connectivity index (χ2v) is 11.4. The van der Waals surface area contributed by atoms with Gasteiger partial charge in [-0.25, -0.2) is 4.98 Å². The van der Waals surface area contributed by atoms with Crippen LogP contribution in [-0.2, 0) is 25.6 Å². The van der Waals surface area contributed by atoms with Crippen molar-refractivity contribution in [3.05, 3.63) is 86.3 Å². The summed E-state index contributed by atoms with van der Waals surface area (Å²) in [6.45, 7) is 7.54. The molecule has 0 aliphatic heterocycles. The Balaban J connectivity index is 1.45. The first-order valence-electron chi connectivity index (χ1n) is 12.3. The Morgan fingerprint density at radius 2 is 1.97 bits per heavy atom. The van der Waals surface area contributed by atoms with Crippen LogP contribution in [0.1, 0.15) is 50.6 Å². The average molecular weight is 558 g/mol. The Morgan fingerprint density at radius 1 is 1.21 bits per heavy atom. The highest BCUT2D eigenvalue weighted by Gasteiger charge is 2.31. The molecule has 3 heterocycles. The first-order chi connectivity index (χ1) is 18.1. The maximum Gasteiger partial charge on any atom is 0.416 e. The second kappa shape index (κ2) is 10.2. The molecule has 0 atom stereocenters. The third-order valence-electron chi connectivity index (χ3n) is 6.85. The van der Waals surface area contributed by atoms with Crippen LogP contribution in [0.3, 0.4) is 0 Å². The predicted molar refractivity (Wildman–Crippen MR) is 146 cm³/mol. The van der Waals surface area contributed by atoms with E-state index in [1.807, 2.05) is 0 Å². The summed E-state index contributed by atoms with van der Waals surface area (Å²) in [5, 5.41) is 1.15. The van der Waals surface area contributed by atoms with Crippen LogP contribution in [-0.4, -0.2) is 25.7 Å². The van der Waals surface area contributed by atoms with Gasteiger partial charge < -0.3 is 4.57 Å². The number of ketones is 1. The summed E-state index contributed by atoms with van der Waals surface area (Å²) in [4.78, 5) is 33.5. The maximum absolute atomic E-state index is 13.4. The lowest BCUT2D eigenvalue weighted by Crippen LogP contribution is -2.23. The number of aromatic nitrogens is 3. The van der Waals surface area contributed by atoms with E-state index in [1.165, 1.54) is 22.7 Å². The summed E-state index contributed by atoms with van der Waals surface area (Å²) in [6.07, 6.45) is 1.19. The summed E-state index contributed by atoms with van der Waals surface area (Å²) in [6, 6.07) is 6.75. The largest absolute Gasteiger partial charge is 0.416 e. The summed E-state index contributed by atoms with van der Waals surface area (Å²) < 4.78 is 43.0. The van der Waals surface area contributed by atoms with Crippen LogP contribution in [0.2, 0.25) is 0 Å². The number of carbonyl (C=O) groups is 1. The number of halogens is 3. The second-order valence-electron chi connectivity index (χ2n) is 9.37. The topological polar surface area (TPSA) is 56.9 Å². The van der Waals surface area contributed by atoms with Gasteiger partial charge in [-0.1, -0.05) is 23.9 Å². The third-order valence-corrected chi connectivity index (χ3v) is 9.01. The molecule has 5 nitrogen and oxygen atoms in total. The van der Waals surface area contributed by atoms with Crippen molar-refractivity contribution in [1.29, 1.82) is 0 Å². The van der Waals surface area contributed by atoms with Crippen molar-refractivity contribution >= 4 is 39.1 Å². The van der Waals surface area contributed by atoms with Crippen molar-refractivity contribution < 1.29 is 18.0 Å². The molecule has 1 aromatic carbocycles. The van der Waals surface area contributed by atoms with Crippen LogP contribution in [0.15, 0.2) is 52.9 Å². The standard InChI is InChI=1S/C28H26F3N3O2S2/c1-4-12-33-26(36)24-20-10-5-6-11-23(20)38-25(24)32-27(33)37-15-22(35)21-13-16(2)34(17(21)3)19-9-7-8-18(14-19)28(29,30)31/h4,7-9,13-14H,1,5-6,10-12,15H2,2-3H3. The number of aryl methyl sites for hydroxylation is 3. The molecule has 0 spiro atoms. The molecule has 5 rings (SSSR count). The van der Waals surface area contributed by atoms with Gasteiger partial charge in [0.1, 0.15) is 4.83 Å². The summed E-state index contributed by atoms with van der Waals surface area (Å²) >= 11 is 2.76. The normalized spacial score (nSPS) is 13.6. The fraction of sp³-hybridized carbons (Fsp3) is 0.321. The minimum absolute atomic E-state index is 0.0348. The van der Waals surface area contributed by atoms with E-state index < -0.39 is 11.7 Å². The van der Waals surface area contributed by atoms with E-state index in [2.05, 4.69) is 6.58 Å². The number of benzene rings is 1. The molecule has 0 saturated heterocycles. The Labute approximate surface area is 226 Å². The van der Waals surface area contributed by atoms with E-state index in [0.717, 1.165) is 43.4 Å². The fourth-order valence-electron chi connectivity index (χ4n) is 5.09. The van der Waals surface area contributed by atoms with Gasteiger partial charge >= 0.3 is 6.18 Å². The van der Waals surface area contributed by atoms with Gasteiger partial charge in [-0.2, -0.15) is 13.2 Å². The quantitative estimate of drug-likeness (QED) is 0.107. The molecule has 0 unspecified atom stereocenters. The fourth-order valence-corrected chi connectivity index (χ4v) is 7.29. The smallest absolute Gasteiger partial charge is 0.318 e. The first-order valence-corrected chi connectivity index (χ1v) is 14.1. The van der Waals surface area contributed by atoms with Crippen molar-refractivity contribution in [2.45, 2.75) is 57.4 Å². The number of hydrogen-bond donors (Lipinski definition) is 0.